The summed E-state index contributed by atoms with van der Waals surface area (Å²) in [5.74, 6) is 10.2. The van der Waals surface area contributed by atoms with Gasteiger partial charge in [-0.05, 0) is 111 Å². The van der Waals surface area contributed by atoms with Crippen LogP contribution in [0.5, 0.6) is 0 Å². The predicted molar refractivity (Wildman–Crippen MR) is 175 cm³/mol. The van der Waals surface area contributed by atoms with Crippen molar-refractivity contribution in [3.05, 3.63) is 0 Å². The zero-order valence-electron chi connectivity index (χ0n) is 23.0. The Balaban J connectivity index is 0.000000263. The van der Waals surface area contributed by atoms with Crippen molar-refractivity contribution in [1.29, 1.82) is 0 Å². The van der Waals surface area contributed by atoms with Gasteiger partial charge in [0.05, 0.1) is 0 Å². The van der Waals surface area contributed by atoms with Crippen molar-refractivity contribution in [2.75, 3.05) is 0 Å². The minimum absolute atomic E-state index is 0. The van der Waals surface area contributed by atoms with Gasteiger partial charge in [-0.15, -0.1) is 0 Å². The summed E-state index contributed by atoms with van der Waals surface area (Å²) in [6, 6.07) is 0. The van der Waals surface area contributed by atoms with Crippen LogP contribution in [0.3, 0.4) is 0 Å². The second-order valence-corrected chi connectivity index (χ2v) is 13.9. The third kappa shape index (κ3) is 11.9. The first-order chi connectivity index (χ1) is 16.1. The van der Waals surface area contributed by atoms with Gasteiger partial charge in [-0.25, -0.2) is 0 Å². The van der Waals surface area contributed by atoms with Gasteiger partial charge in [-0.2, -0.15) is 0 Å². The van der Waals surface area contributed by atoms with E-state index in [1.54, 1.807) is 96.3 Å². The summed E-state index contributed by atoms with van der Waals surface area (Å²) in [4.78, 5) is 0. The Morgan fingerprint density at radius 2 is 0.556 bits per heavy atom. The van der Waals surface area contributed by atoms with Crippen LogP contribution in [0.2, 0.25) is 0 Å². The van der Waals surface area contributed by atoms with Gasteiger partial charge in [0.1, 0.15) is 0 Å². The fraction of sp³-hybridized carbons (Fsp3) is 1.00. The van der Waals surface area contributed by atoms with Crippen LogP contribution in [0, 0.1) is 53.3 Å². The first kappa shape index (κ1) is 36.8. The number of hydrogen-bond donors (Lipinski definition) is 0. The van der Waals surface area contributed by atoms with E-state index in [0.29, 0.717) is 0 Å². The topological polar surface area (TPSA) is 0 Å². The van der Waals surface area contributed by atoms with Gasteiger partial charge >= 0.3 is 81.9 Å². The van der Waals surface area contributed by atoms with Gasteiger partial charge in [0.25, 0.3) is 0 Å². The first-order valence-electron chi connectivity index (χ1n) is 16.1. The third-order valence-corrected chi connectivity index (χ3v) is 11.4. The molecular weight excluding hydrogens is 1010 g/mol. The van der Waals surface area contributed by atoms with Gasteiger partial charge in [0.15, 0.2) is 0 Å². The van der Waals surface area contributed by atoms with E-state index in [1.807, 2.05) is 0 Å². The molecule has 0 aromatic rings. The first-order valence-corrected chi connectivity index (χ1v) is 16.1. The van der Waals surface area contributed by atoms with Gasteiger partial charge in [-0.3, -0.25) is 0 Å². The molecule has 6 aliphatic rings. The summed E-state index contributed by atoms with van der Waals surface area (Å²) >= 11 is 0. The average molecular weight is 1080 g/mol. The minimum atomic E-state index is 0. The molecule has 0 N–H and O–H groups in total. The maximum absolute atomic E-state index is 2.34. The van der Waals surface area contributed by atoms with Crippen molar-refractivity contribution < 1.29 is 0 Å². The molecule has 0 saturated heterocycles. The molecule has 0 amide bonds. The molecule has 0 heterocycles. The van der Waals surface area contributed by atoms with Crippen LogP contribution in [0.1, 0.15) is 156 Å². The number of rotatable bonds is 9. The van der Waals surface area contributed by atoms with Crippen LogP contribution in [-0.2, 0) is 0 Å². The normalized spacial score (nSPS) is 34.8. The van der Waals surface area contributed by atoms with Gasteiger partial charge in [-0.1, -0.05) is 97.8 Å². The van der Waals surface area contributed by atoms with E-state index in [4.69, 9.17) is 0 Å². The zero-order chi connectivity index (χ0) is 23.0. The van der Waals surface area contributed by atoms with Crippen molar-refractivity contribution in [3.63, 3.8) is 0 Å². The quantitative estimate of drug-likeness (QED) is 0.213. The molecule has 0 spiro atoms. The Kier molecular flexibility index (Phi) is 20.2. The molecule has 6 aliphatic carbocycles. The molecule has 0 atom stereocenters. The van der Waals surface area contributed by atoms with Crippen molar-refractivity contribution in [3.8, 4) is 0 Å². The molecule has 0 bridgehead atoms. The second kappa shape index (κ2) is 19.8. The molecule has 0 aromatic carbocycles. The predicted octanol–water partition coefficient (Wildman–Crippen LogP) is 7.29. The Morgan fingerprint density at radius 3 is 0.750 bits per heavy atom. The summed E-state index contributed by atoms with van der Waals surface area (Å²) in [7, 11) is 0. The fourth-order valence-corrected chi connectivity index (χ4v) is 7.80. The molecule has 6 fully saturated rings. The van der Waals surface area contributed by atoms with E-state index in [0.717, 1.165) is 53.3 Å². The molecule has 36 heavy (non-hydrogen) atoms. The van der Waals surface area contributed by atoms with Crippen molar-refractivity contribution in [2.24, 2.45) is 53.3 Å². The molecule has 210 valence electrons. The third-order valence-electron chi connectivity index (χ3n) is 11.4. The monoisotopic (exact) mass is 1080 g/mol. The second-order valence-electron chi connectivity index (χ2n) is 13.9. The van der Waals surface area contributed by atoms with Crippen molar-refractivity contribution in [1.82, 2.24) is 0 Å². The summed E-state index contributed by atoms with van der Waals surface area (Å²) in [6.45, 7) is 7.03. The summed E-state index contributed by atoms with van der Waals surface area (Å²) in [5, 5.41) is 0. The van der Waals surface area contributed by atoms with E-state index < -0.39 is 0 Å². The molecular formula is C33H69Tl3. The Morgan fingerprint density at radius 1 is 0.333 bits per heavy atom. The maximum atomic E-state index is 2.34. The summed E-state index contributed by atoms with van der Waals surface area (Å²) < 4.78 is 0. The average Bonchev–Trinajstić information content (AvgIpc) is 2.62. The van der Waals surface area contributed by atoms with Gasteiger partial charge in [0.2, 0.25) is 0 Å². The van der Waals surface area contributed by atoms with Crippen LogP contribution in [0.25, 0.3) is 0 Å². The summed E-state index contributed by atoms with van der Waals surface area (Å²) in [6.07, 6.45) is 32.3. The SMILES string of the molecule is C1CC(CC2CCC2)C1.CCC1CC(CC2CC(CC)C2)C1.CCC1CC(CC2CCC2)C1.[TlH3].[TlH3].[TlH3]. The van der Waals surface area contributed by atoms with Crippen LogP contribution >= 0.6 is 0 Å². The Hall–Kier alpha value is 2.77. The standard InChI is InChI=1S/C13H24.C11H20.C9H16.3Tl.9H/c1-3-10-5-12(6-10)9-13-7-11(4-2)8-13;1-2-9-6-11(7-9)8-10-4-3-5-10;1-3-8(4-1)7-9-5-2-6-9;;;;;;;;;;;;/h10-13H,3-9H2,1-2H3;9-11H,2-8H2,1H3;8-9H,1-7H2;;;;;;;;;;;;. The van der Waals surface area contributed by atoms with Crippen molar-refractivity contribution in [2.45, 2.75) is 156 Å². The van der Waals surface area contributed by atoms with E-state index in [9.17, 15) is 0 Å². The zero-order valence-corrected chi connectivity index (χ0v) is 23.0. The Bertz CT molecular complexity index is 491. The molecule has 0 unspecified atom stereocenters. The summed E-state index contributed by atoms with van der Waals surface area (Å²) in [5.41, 5.74) is 0. The van der Waals surface area contributed by atoms with Crippen LogP contribution < -0.4 is 0 Å². The van der Waals surface area contributed by atoms with Gasteiger partial charge in [0, 0.05) is 0 Å². The van der Waals surface area contributed by atoms with E-state index in [-0.39, 0.29) is 81.9 Å². The molecule has 0 aromatic heterocycles. The molecule has 6 saturated carbocycles. The van der Waals surface area contributed by atoms with Crippen molar-refractivity contribution >= 4 is 81.9 Å². The molecule has 3 heteroatoms. The van der Waals surface area contributed by atoms with Crippen LogP contribution in [0.4, 0.5) is 0 Å². The molecule has 3 radical (unpaired) electrons. The van der Waals surface area contributed by atoms with E-state index in [1.165, 1.54) is 38.5 Å². The number of hydrogen-bond acceptors (Lipinski definition) is 0. The molecule has 0 aliphatic heterocycles. The Labute approximate surface area is 287 Å². The van der Waals surface area contributed by atoms with Crippen LogP contribution in [0.15, 0.2) is 0 Å². The fourth-order valence-electron chi connectivity index (χ4n) is 7.80. The van der Waals surface area contributed by atoms with E-state index >= 15 is 0 Å². The van der Waals surface area contributed by atoms with Crippen LogP contribution in [-0.4, -0.2) is 81.9 Å². The molecule has 0 nitrogen and oxygen atoms in total. The van der Waals surface area contributed by atoms with E-state index in [2.05, 4.69) is 20.8 Å². The van der Waals surface area contributed by atoms with Gasteiger partial charge < -0.3 is 0 Å². The molecule has 6 rings (SSSR count).